The second-order valence-corrected chi connectivity index (χ2v) is 5.70. The van der Waals surface area contributed by atoms with E-state index in [1.54, 1.807) is 7.11 Å². The Balaban J connectivity index is 2.13. The van der Waals surface area contributed by atoms with Gasteiger partial charge in [-0.2, -0.15) is 5.26 Å². The van der Waals surface area contributed by atoms with Crippen LogP contribution in [0.3, 0.4) is 0 Å². The summed E-state index contributed by atoms with van der Waals surface area (Å²) < 4.78 is 5.30. The van der Waals surface area contributed by atoms with E-state index < -0.39 is 0 Å². The van der Waals surface area contributed by atoms with Crippen molar-refractivity contribution in [1.82, 2.24) is 4.90 Å². The van der Waals surface area contributed by atoms with E-state index in [0.29, 0.717) is 23.3 Å². The van der Waals surface area contributed by atoms with E-state index in [1.165, 1.54) is 24.8 Å². The Hall–Kier alpha value is -1.57. The second-order valence-electron chi connectivity index (χ2n) is 5.70. The van der Waals surface area contributed by atoms with Gasteiger partial charge >= 0.3 is 0 Å². The number of ether oxygens (including phenoxy) is 1. The van der Waals surface area contributed by atoms with E-state index in [-0.39, 0.29) is 0 Å². The molecule has 2 N–H and O–H groups in total. The second kappa shape index (κ2) is 7.44. The monoisotopic (exact) mass is 287 g/mol. The first-order chi connectivity index (χ1) is 10.2. The third-order valence-corrected chi connectivity index (χ3v) is 4.57. The summed E-state index contributed by atoms with van der Waals surface area (Å²) >= 11 is 0. The van der Waals surface area contributed by atoms with Crippen LogP contribution in [0.25, 0.3) is 0 Å². The molecule has 0 aliphatic heterocycles. The molecule has 1 aromatic rings. The fourth-order valence-corrected chi connectivity index (χ4v) is 3.40. The molecule has 1 aliphatic rings. The summed E-state index contributed by atoms with van der Waals surface area (Å²) in [6, 6.07) is 8.59. The fraction of sp³-hybridized carbons (Fsp3) is 0.588. The fourth-order valence-electron chi connectivity index (χ4n) is 3.40. The van der Waals surface area contributed by atoms with Gasteiger partial charge in [-0.25, -0.2) is 0 Å². The molecule has 21 heavy (non-hydrogen) atoms. The summed E-state index contributed by atoms with van der Waals surface area (Å²) in [6.07, 6.45) is 3.76. The van der Waals surface area contributed by atoms with Crippen molar-refractivity contribution >= 4 is 0 Å². The highest BCUT2D eigenvalue weighted by Gasteiger charge is 2.30. The number of rotatable bonds is 6. The van der Waals surface area contributed by atoms with Crippen LogP contribution in [0.1, 0.15) is 37.3 Å². The topological polar surface area (TPSA) is 62.3 Å². The summed E-state index contributed by atoms with van der Waals surface area (Å²) in [5, 5.41) is 9.05. The van der Waals surface area contributed by atoms with Crippen LogP contribution in [0, 0.1) is 17.2 Å². The van der Waals surface area contributed by atoms with Crippen molar-refractivity contribution in [3.8, 4) is 11.8 Å². The van der Waals surface area contributed by atoms with Crippen LogP contribution in [0.2, 0.25) is 0 Å². The minimum Gasteiger partial charge on any atom is -0.495 e. The highest BCUT2D eigenvalue weighted by molar-refractivity contribution is 5.45. The largest absolute Gasteiger partial charge is 0.495 e. The van der Waals surface area contributed by atoms with E-state index in [9.17, 15) is 0 Å². The van der Waals surface area contributed by atoms with Crippen LogP contribution in [0.15, 0.2) is 18.2 Å². The standard InChI is InChI=1S/C17H25N3O/c1-3-20(16-6-4-5-14(16)10-18)12-13-7-8-15(11-19)17(9-13)21-2/h7-9,14,16H,3-6,10,12,18H2,1-2H3. The minimum atomic E-state index is 0.585. The molecule has 0 aromatic heterocycles. The molecule has 114 valence electrons. The van der Waals surface area contributed by atoms with Gasteiger partial charge < -0.3 is 10.5 Å². The molecule has 4 heteroatoms. The molecule has 0 saturated heterocycles. The van der Waals surface area contributed by atoms with E-state index in [2.05, 4.69) is 17.9 Å². The molecule has 4 nitrogen and oxygen atoms in total. The van der Waals surface area contributed by atoms with E-state index in [1.807, 2.05) is 18.2 Å². The lowest BCUT2D eigenvalue weighted by atomic mass is 10.0. The van der Waals surface area contributed by atoms with Gasteiger partial charge in [0.1, 0.15) is 11.8 Å². The van der Waals surface area contributed by atoms with Crippen LogP contribution in [0.4, 0.5) is 0 Å². The molecule has 0 bridgehead atoms. The SMILES string of the molecule is CCN(Cc1ccc(C#N)c(OC)c1)C1CCCC1CN. The van der Waals surface area contributed by atoms with Crippen molar-refractivity contribution in [2.45, 2.75) is 38.8 Å². The van der Waals surface area contributed by atoms with E-state index in [4.69, 9.17) is 15.7 Å². The summed E-state index contributed by atoms with van der Waals surface area (Å²) in [7, 11) is 1.61. The summed E-state index contributed by atoms with van der Waals surface area (Å²) in [6.45, 7) is 4.88. The van der Waals surface area contributed by atoms with Crippen molar-refractivity contribution < 1.29 is 4.74 Å². The van der Waals surface area contributed by atoms with Gasteiger partial charge in [0.25, 0.3) is 0 Å². The maximum Gasteiger partial charge on any atom is 0.136 e. The van der Waals surface area contributed by atoms with Gasteiger partial charge in [-0.15, -0.1) is 0 Å². The molecule has 2 unspecified atom stereocenters. The van der Waals surface area contributed by atoms with Gasteiger partial charge in [-0.05, 0) is 49.5 Å². The third kappa shape index (κ3) is 3.55. The Morgan fingerprint density at radius 2 is 2.24 bits per heavy atom. The Labute approximate surface area is 127 Å². The van der Waals surface area contributed by atoms with Crippen LogP contribution >= 0.6 is 0 Å². The predicted molar refractivity (Wildman–Crippen MR) is 84.0 cm³/mol. The average Bonchev–Trinajstić information content (AvgIpc) is 3.00. The number of nitrogens with two attached hydrogens (primary N) is 1. The predicted octanol–water partition coefficient (Wildman–Crippen LogP) is 2.52. The average molecular weight is 287 g/mol. The lowest BCUT2D eigenvalue weighted by Crippen LogP contribution is -2.39. The molecular weight excluding hydrogens is 262 g/mol. The zero-order valence-electron chi connectivity index (χ0n) is 13.0. The van der Waals surface area contributed by atoms with Crippen molar-refractivity contribution in [2.75, 3.05) is 20.2 Å². The molecule has 1 saturated carbocycles. The maximum absolute atomic E-state index is 9.05. The molecule has 0 heterocycles. The van der Waals surface area contributed by atoms with Gasteiger partial charge in [-0.1, -0.05) is 19.4 Å². The summed E-state index contributed by atoms with van der Waals surface area (Å²) in [4.78, 5) is 2.51. The highest BCUT2D eigenvalue weighted by atomic mass is 16.5. The van der Waals surface area contributed by atoms with E-state index >= 15 is 0 Å². The number of benzene rings is 1. The molecule has 1 aliphatic carbocycles. The number of hydrogen-bond acceptors (Lipinski definition) is 4. The Morgan fingerprint density at radius 3 is 2.86 bits per heavy atom. The first kappa shape index (κ1) is 15.8. The lowest BCUT2D eigenvalue weighted by Gasteiger charge is -2.32. The third-order valence-electron chi connectivity index (χ3n) is 4.57. The van der Waals surface area contributed by atoms with Crippen LogP contribution in [-0.4, -0.2) is 31.1 Å². The number of methoxy groups -OCH3 is 1. The first-order valence-corrected chi connectivity index (χ1v) is 7.74. The van der Waals surface area contributed by atoms with E-state index in [0.717, 1.165) is 19.6 Å². The molecule has 1 aromatic carbocycles. The molecule has 0 radical (unpaired) electrons. The Bertz CT molecular complexity index is 509. The number of nitriles is 1. The lowest BCUT2D eigenvalue weighted by molar-refractivity contribution is 0.162. The van der Waals surface area contributed by atoms with Gasteiger partial charge in [-0.3, -0.25) is 4.90 Å². The van der Waals surface area contributed by atoms with Gasteiger partial charge in [0, 0.05) is 12.6 Å². The Morgan fingerprint density at radius 1 is 1.43 bits per heavy atom. The van der Waals surface area contributed by atoms with Crippen LogP contribution in [0.5, 0.6) is 5.75 Å². The summed E-state index contributed by atoms with van der Waals surface area (Å²) in [5.41, 5.74) is 7.69. The minimum absolute atomic E-state index is 0.585. The molecule has 0 spiro atoms. The van der Waals surface area contributed by atoms with Crippen LogP contribution in [-0.2, 0) is 6.54 Å². The quantitative estimate of drug-likeness (QED) is 0.873. The zero-order valence-corrected chi connectivity index (χ0v) is 13.0. The molecule has 0 amide bonds. The van der Waals surface area contributed by atoms with Gasteiger partial charge in [0.15, 0.2) is 0 Å². The van der Waals surface area contributed by atoms with Gasteiger partial charge in [0.05, 0.1) is 12.7 Å². The van der Waals surface area contributed by atoms with Crippen molar-refractivity contribution in [3.63, 3.8) is 0 Å². The highest BCUT2D eigenvalue weighted by Crippen LogP contribution is 2.30. The van der Waals surface area contributed by atoms with Crippen LogP contribution < -0.4 is 10.5 Å². The molecular formula is C17H25N3O. The van der Waals surface area contributed by atoms with Gasteiger partial charge in [0.2, 0.25) is 0 Å². The van der Waals surface area contributed by atoms with Crippen molar-refractivity contribution in [1.29, 1.82) is 5.26 Å². The summed E-state index contributed by atoms with van der Waals surface area (Å²) in [5.74, 6) is 1.28. The Kier molecular flexibility index (Phi) is 5.60. The maximum atomic E-state index is 9.05. The van der Waals surface area contributed by atoms with Crippen molar-refractivity contribution in [2.24, 2.45) is 11.7 Å². The smallest absolute Gasteiger partial charge is 0.136 e. The first-order valence-electron chi connectivity index (χ1n) is 7.74. The van der Waals surface area contributed by atoms with Crippen molar-refractivity contribution in [3.05, 3.63) is 29.3 Å². The molecule has 2 atom stereocenters. The number of nitrogens with zero attached hydrogens (tertiary/aromatic N) is 2. The normalized spacial score (nSPS) is 21.5. The number of hydrogen-bond donors (Lipinski definition) is 1. The zero-order chi connectivity index (χ0) is 15.2. The molecule has 2 rings (SSSR count). The molecule has 1 fully saturated rings.